The molecule has 3 aromatic rings. The second kappa shape index (κ2) is 8.61. The molecule has 0 aliphatic carbocycles. The highest BCUT2D eigenvalue weighted by atomic mass is 16.3. The Bertz CT molecular complexity index is 994. The molecule has 2 aromatic carbocycles. The Labute approximate surface area is 164 Å². The molecule has 0 bridgehead atoms. The predicted octanol–water partition coefficient (Wildman–Crippen LogP) is 4.34. The SMILES string of the molecule is CCNC(=O)N(C)c1cccc(NC(=O)Cc2c(CC)oc3ccccc23)c1. The number of benzene rings is 2. The van der Waals surface area contributed by atoms with Crippen LogP contribution in [0.3, 0.4) is 0 Å². The van der Waals surface area contributed by atoms with Gasteiger partial charge in [-0.3, -0.25) is 9.69 Å². The summed E-state index contributed by atoms with van der Waals surface area (Å²) in [4.78, 5) is 26.2. The van der Waals surface area contributed by atoms with Crippen molar-refractivity contribution in [3.63, 3.8) is 0 Å². The first-order valence-corrected chi connectivity index (χ1v) is 9.44. The first-order valence-electron chi connectivity index (χ1n) is 9.44. The number of hydrogen-bond donors (Lipinski definition) is 2. The lowest BCUT2D eigenvalue weighted by atomic mass is 10.1. The van der Waals surface area contributed by atoms with E-state index in [0.717, 1.165) is 28.7 Å². The highest BCUT2D eigenvalue weighted by molar-refractivity contribution is 5.97. The minimum Gasteiger partial charge on any atom is -0.461 e. The minimum atomic E-state index is -0.191. The average Bonchev–Trinajstić information content (AvgIpc) is 3.05. The van der Waals surface area contributed by atoms with Crippen LogP contribution >= 0.6 is 0 Å². The fraction of sp³-hybridized carbons (Fsp3) is 0.273. The van der Waals surface area contributed by atoms with Gasteiger partial charge in [0.1, 0.15) is 11.3 Å². The lowest BCUT2D eigenvalue weighted by Gasteiger charge is -2.18. The number of aryl methyl sites for hydroxylation is 1. The molecule has 0 aliphatic heterocycles. The lowest BCUT2D eigenvalue weighted by Crippen LogP contribution is -2.37. The van der Waals surface area contributed by atoms with Crippen molar-refractivity contribution in [2.45, 2.75) is 26.7 Å². The van der Waals surface area contributed by atoms with Crippen molar-refractivity contribution >= 4 is 34.3 Å². The summed E-state index contributed by atoms with van der Waals surface area (Å²) >= 11 is 0. The van der Waals surface area contributed by atoms with Crippen molar-refractivity contribution in [1.29, 1.82) is 0 Å². The molecular weight excluding hydrogens is 354 g/mol. The largest absolute Gasteiger partial charge is 0.461 e. The third kappa shape index (κ3) is 4.17. The molecule has 3 rings (SSSR count). The van der Waals surface area contributed by atoms with Crippen LogP contribution in [0.15, 0.2) is 52.9 Å². The van der Waals surface area contributed by atoms with Crippen LogP contribution in [0, 0.1) is 0 Å². The van der Waals surface area contributed by atoms with Crippen molar-refractivity contribution in [3.05, 3.63) is 59.9 Å². The maximum Gasteiger partial charge on any atom is 0.321 e. The van der Waals surface area contributed by atoms with E-state index in [1.165, 1.54) is 4.90 Å². The smallest absolute Gasteiger partial charge is 0.321 e. The quantitative estimate of drug-likeness (QED) is 0.669. The molecule has 0 fully saturated rings. The number of amides is 3. The highest BCUT2D eigenvalue weighted by Crippen LogP contribution is 2.27. The molecule has 28 heavy (non-hydrogen) atoms. The Morgan fingerprint density at radius 2 is 1.86 bits per heavy atom. The van der Waals surface area contributed by atoms with Crippen LogP contribution in [-0.2, 0) is 17.6 Å². The van der Waals surface area contributed by atoms with Gasteiger partial charge in [0.15, 0.2) is 0 Å². The van der Waals surface area contributed by atoms with E-state index in [1.54, 1.807) is 19.2 Å². The van der Waals surface area contributed by atoms with Crippen LogP contribution in [-0.4, -0.2) is 25.5 Å². The standard InChI is InChI=1S/C22H25N3O3/c1-4-19-18(17-11-6-7-12-20(17)28-19)14-21(26)24-15-9-8-10-16(13-15)25(3)22(27)23-5-2/h6-13H,4-5,14H2,1-3H3,(H,23,27)(H,24,26). The molecule has 0 saturated carbocycles. The van der Waals surface area contributed by atoms with Crippen LogP contribution in [0.25, 0.3) is 11.0 Å². The molecule has 0 atom stereocenters. The normalized spacial score (nSPS) is 10.7. The number of urea groups is 1. The second-order valence-electron chi connectivity index (χ2n) is 6.52. The summed E-state index contributed by atoms with van der Waals surface area (Å²) in [6.45, 7) is 4.43. The van der Waals surface area contributed by atoms with Crippen molar-refractivity contribution in [2.24, 2.45) is 0 Å². The van der Waals surface area contributed by atoms with E-state index >= 15 is 0 Å². The van der Waals surface area contributed by atoms with Crippen LogP contribution in [0.4, 0.5) is 16.2 Å². The van der Waals surface area contributed by atoms with E-state index in [0.29, 0.717) is 17.9 Å². The maximum atomic E-state index is 12.7. The number of nitrogens with one attached hydrogen (secondary N) is 2. The van der Waals surface area contributed by atoms with E-state index < -0.39 is 0 Å². The van der Waals surface area contributed by atoms with Crippen molar-refractivity contribution in [1.82, 2.24) is 5.32 Å². The van der Waals surface area contributed by atoms with Crippen LogP contribution in [0.1, 0.15) is 25.2 Å². The van der Waals surface area contributed by atoms with Crippen molar-refractivity contribution < 1.29 is 14.0 Å². The summed E-state index contributed by atoms with van der Waals surface area (Å²) in [5, 5.41) is 6.65. The van der Waals surface area contributed by atoms with Crippen LogP contribution in [0.5, 0.6) is 0 Å². The number of anilines is 2. The molecule has 1 heterocycles. The molecule has 6 nitrogen and oxygen atoms in total. The number of carbonyl (C=O) groups is 2. The minimum absolute atomic E-state index is 0.126. The van der Waals surface area contributed by atoms with Gasteiger partial charge in [-0.2, -0.15) is 0 Å². The summed E-state index contributed by atoms with van der Waals surface area (Å²) in [7, 11) is 1.69. The van der Waals surface area contributed by atoms with Gasteiger partial charge >= 0.3 is 6.03 Å². The third-order valence-corrected chi connectivity index (χ3v) is 4.59. The van der Waals surface area contributed by atoms with Gasteiger partial charge < -0.3 is 15.1 Å². The van der Waals surface area contributed by atoms with E-state index in [-0.39, 0.29) is 18.4 Å². The Balaban J connectivity index is 1.76. The zero-order chi connectivity index (χ0) is 20.1. The fourth-order valence-electron chi connectivity index (χ4n) is 3.17. The van der Waals surface area contributed by atoms with E-state index in [1.807, 2.05) is 50.2 Å². The predicted molar refractivity (Wildman–Crippen MR) is 112 cm³/mol. The second-order valence-corrected chi connectivity index (χ2v) is 6.52. The summed E-state index contributed by atoms with van der Waals surface area (Å²) in [5.74, 6) is 0.708. The van der Waals surface area contributed by atoms with Crippen molar-refractivity contribution in [3.8, 4) is 0 Å². The molecule has 6 heteroatoms. The summed E-state index contributed by atoms with van der Waals surface area (Å²) in [6.07, 6.45) is 0.959. The molecule has 0 radical (unpaired) electrons. The fourth-order valence-corrected chi connectivity index (χ4v) is 3.17. The number of fused-ring (bicyclic) bond motifs is 1. The molecule has 2 N–H and O–H groups in total. The van der Waals surface area contributed by atoms with E-state index in [4.69, 9.17) is 4.42 Å². The number of nitrogens with zero attached hydrogens (tertiary/aromatic N) is 1. The molecule has 146 valence electrons. The number of hydrogen-bond acceptors (Lipinski definition) is 3. The van der Waals surface area contributed by atoms with Gasteiger partial charge in [0.05, 0.1) is 6.42 Å². The van der Waals surface area contributed by atoms with Gasteiger partial charge in [-0.1, -0.05) is 31.2 Å². The van der Waals surface area contributed by atoms with Gasteiger partial charge in [0.2, 0.25) is 5.91 Å². The lowest BCUT2D eigenvalue weighted by molar-refractivity contribution is -0.115. The van der Waals surface area contributed by atoms with Crippen LogP contribution in [0.2, 0.25) is 0 Å². The average molecular weight is 379 g/mol. The summed E-state index contributed by atoms with van der Waals surface area (Å²) < 4.78 is 5.87. The topological polar surface area (TPSA) is 74.6 Å². The third-order valence-electron chi connectivity index (χ3n) is 4.59. The van der Waals surface area contributed by atoms with Gasteiger partial charge in [-0.15, -0.1) is 0 Å². The molecule has 0 spiro atoms. The molecule has 0 saturated heterocycles. The molecule has 1 aromatic heterocycles. The molecule has 0 unspecified atom stereocenters. The Morgan fingerprint density at radius 3 is 2.61 bits per heavy atom. The van der Waals surface area contributed by atoms with Crippen molar-refractivity contribution in [2.75, 3.05) is 23.8 Å². The molecule has 0 aliphatic rings. The van der Waals surface area contributed by atoms with Gasteiger partial charge in [-0.05, 0) is 31.2 Å². The Morgan fingerprint density at radius 1 is 1.07 bits per heavy atom. The summed E-state index contributed by atoms with van der Waals surface area (Å²) in [6, 6.07) is 14.8. The van der Waals surface area contributed by atoms with E-state index in [2.05, 4.69) is 10.6 Å². The van der Waals surface area contributed by atoms with Gasteiger partial charge in [-0.25, -0.2) is 4.79 Å². The van der Waals surface area contributed by atoms with Gasteiger partial charge in [0.25, 0.3) is 0 Å². The summed E-state index contributed by atoms with van der Waals surface area (Å²) in [5.41, 5.74) is 3.06. The maximum absolute atomic E-state index is 12.7. The number of carbonyl (C=O) groups excluding carboxylic acids is 2. The molecular formula is C22H25N3O3. The van der Waals surface area contributed by atoms with Gasteiger partial charge in [0, 0.05) is 42.3 Å². The van der Waals surface area contributed by atoms with E-state index in [9.17, 15) is 9.59 Å². The monoisotopic (exact) mass is 379 g/mol. The first kappa shape index (κ1) is 19.5. The number of rotatable bonds is 6. The molecule has 3 amide bonds. The highest BCUT2D eigenvalue weighted by Gasteiger charge is 2.16. The Kier molecular flexibility index (Phi) is 5.99. The van der Waals surface area contributed by atoms with Crippen LogP contribution < -0.4 is 15.5 Å². The first-order chi connectivity index (χ1) is 13.5. The Hall–Kier alpha value is -3.28. The zero-order valence-corrected chi connectivity index (χ0v) is 16.4. The number of furan rings is 1. The number of para-hydroxylation sites is 1. The zero-order valence-electron chi connectivity index (χ0n) is 16.4.